The Bertz CT molecular complexity index is 1230. The van der Waals surface area contributed by atoms with Crippen LogP contribution in [-0.2, 0) is 11.3 Å². The molecular formula is C28H37F4N5O4. The summed E-state index contributed by atoms with van der Waals surface area (Å²) in [5, 5.41) is 20.1. The number of hydrogen-bond acceptors (Lipinski definition) is 6. The molecule has 0 radical (unpaired) electrons. The molecule has 0 aliphatic heterocycles. The van der Waals surface area contributed by atoms with Gasteiger partial charge in [-0.25, -0.2) is 4.39 Å². The lowest BCUT2D eigenvalue weighted by molar-refractivity contribution is -0.163. The number of methoxy groups -OCH3 is 1. The predicted octanol–water partition coefficient (Wildman–Crippen LogP) is 4.14. The molecule has 226 valence electrons. The van der Waals surface area contributed by atoms with Crippen molar-refractivity contribution in [2.75, 3.05) is 26.0 Å². The summed E-state index contributed by atoms with van der Waals surface area (Å²) < 4.78 is 60.8. The Labute approximate surface area is 236 Å². The van der Waals surface area contributed by atoms with E-state index in [1.807, 2.05) is 6.92 Å². The van der Waals surface area contributed by atoms with E-state index in [9.17, 15) is 27.9 Å². The Hall–Kier alpha value is -3.19. The predicted molar refractivity (Wildman–Crippen MR) is 143 cm³/mol. The third kappa shape index (κ3) is 7.37. The van der Waals surface area contributed by atoms with Crippen LogP contribution in [0.1, 0.15) is 61.5 Å². The third-order valence-corrected chi connectivity index (χ3v) is 7.93. The van der Waals surface area contributed by atoms with Crippen LogP contribution in [0.2, 0.25) is 0 Å². The molecule has 2 aromatic rings. The van der Waals surface area contributed by atoms with E-state index in [1.165, 1.54) is 31.0 Å². The largest absolute Gasteiger partial charge is 0.496 e. The van der Waals surface area contributed by atoms with Gasteiger partial charge in [0, 0.05) is 30.3 Å². The van der Waals surface area contributed by atoms with Crippen LogP contribution in [0.5, 0.6) is 5.75 Å². The number of benzene rings is 1. The minimum Gasteiger partial charge on any atom is -0.496 e. The molecule has 2 unspecified atom stereocenters. The number of alkyl halides is 3. The SMILES string of the molecule is CCn1nccc1C(=O)N[C@H](C(=O)Nc1cc(OC)c(C(C)C(O)N(C)CC(F)(F)F)cc1F)C(C1CC1)C1CC1. The fourth-order valence-corrected chi connectivity index (χ4v) is 5.55. The highest BCUT2D eigenvalue weighted by atomic mass is 19.4. The minimum absolute atomic E-state index is 0.0852. The number of anilines is 1. The molecule has 1 heterocycles. The second-order valence-electron chi connectivity index (χ2n) is 11.0. The average molecular weight is 584 g/mol. The third-order valence-electron chi connectivity index (χ3n) is 7.93. The van der Waals surface area contributed by atoms with E-state index >= 15 is 4.39 Å². The van der Waals surface area contributed by atoms with Gasteiger partial charge in [-0.2, -0.15) is 18.3 Å². The normalized spacial score (nSPS) is 17.8. The Morgan fingerprint density at radius 3 is 2.39 bits per heavy atom. The molecule has 2 fully saturated rings. The first-order valence-corrected chi connectivity index (χ1v) is 13.8. The van der Waals surface area contributed by atoms with Crippen molar-refractivity contribution in [3.8, 4) is 5.75 Å². The molecule has 3 atom stereocenters. The number of amides is 2. The van der Waals surface area contributed by atoms with Gasteiger partial charge in [0.25, 0.3) is 5.91 Å². The van der Waals surface area contributed by atoms with Gasteiger partial charge in [0.2, 0.25) is 5.91 Å². The second-order valence-corrected chi connectivity index (χ2v) is 11.0. The molecule has 41 heavy (non-hydrogen) atoms. The van der Waals surface area contributed by atoms with E-state index in [2.05, 4.69) is 15.7 Å². The molecule has 0 spiro atoms. The first kappa shape index (κ1) is 30.8. The highest BCUT2D eigenvalue weighted by Gasteiger charge is 2.48. The molecule has 3 N–H and O–H groups in total. The van der Waals surface area contributed by atoms with Gasteiger partial charge in [-0.3, -0.25) is 19.2 Å². The second kappa shape index (κ2) is 12.4. The Morgan fingerprint density at radius 1 is 1.22 bits per heavy atom. The number of nitrogens with one attached hydrogen (secondary N) is 2. The van der Waals surface area contributed by atoms with Crippen molar-refractivity contribution in [1.29, 1.82) is 0 Å². The maximum Gasteiger partial charge on any atom is 0.401 e. The van der Waals surface area contributed by atoms with Gasteiger partial charge in [-0.15, -0.1) is 0 Å². The van der Waals surface area contributed by atoms with Crippen molar-refractivity contribution < 1.29 is 37.0 Å². The zero-order valence-corrected chi connectivity index (χ0v) is 23.5. The molecule has 4 rings (SSSR count). The molecule has 9 nitrogen and oxygen atoms in total. The summed E-state index contributed by atoms with van der Waals surface area (Å²) in [5.41, 5.74) is 0.246. The number of carbonyl (C=O) groups excluding carboxylic acids is 2. The van der Waals surface area contributed by atoms with Gasteiger partial charge in [-0.1, -0.05) is 6.92 Å². The van der Waals surface area contributed by atoms with Crippen molar-refractivity contribution in [3.05, 3.63) is 41.5 Å². The summed E-state index contributed by atoms with van der Waals surface area (Å²) in [5.74, 6) is -2.27. The fraction of sp³-hybridized carbons (Fsp3) is 0.607. The van der Waals surface area contributed by atoms with Crippen molar-refractivity contribution in [2.24, 2.45) is 17.8 Å². The summed E-state index contributed by atoms with van der Waals surface area (Å²) in [4.78, 5) is 27.6. The van der Waals surface area contributed by atoms with E-state index in [0.29, 0.717) is 17.1 Å². The van der Waals surface area contributed by atoms with Crippen LogP contribution in [0.25, 0.3) is 0 Å². The van der Waals surface area contributed by atoms with Crippen LogP contribution in [0.15, 0.2) is 24.4 Å². The van der Waals surface area contributed by atoms with Gasteiger partial charge in [-0.05, 0) is 69.5 Å². The summed E-state index contributed by atoms with van der Waals surface area (Å²) in [6, 6.07) is 2.94. The van der Waals surface area contributed by atoms with Crippen LogP contribution in [0.4, 0.5) is 23.2 Å². The van der Waals surface area contributed by atoms with E-state index < -0.39 is 48.5 Å². The summed E-state index contributed by atoms with van der Waals surface area (Å²) >= 11 is 0. The Morgan fingerprint density at radius 2 is 1.85 bits per heavy atom. The van der Waals surface area contributed by atoms with Crippen LogP contribution in [-0.4, -0.2) is 70.7 Å². The lowest BCUT2D eigenvalue weighted by Gasteiger charge is -2.30. The quantitative estimate of drug-likeness (QED) is 0.242. The molecule has 2 amide bonds. The van der Waals surface area contributed by atoms with Gasteiger partial charge in [0.15, 0.2) is 0 Å². The minimum atomic E-state index is -4.53. The number of ether oxygens (including phenoxy) is 1. The molecule has 1 aromatic carbocycles. The zero-order valence-electron chi connectivity index (χ0n) is 23.5. The number of likely N-dealkylation sites (N-methyl/N-ethyl adjacent to an activating group) is 1. The molecule has 1 aromatic heterocycles. The molecule has 2 aliphatic carbocycles. The Kier molecular flexibility index (Phi) is 9.27. The lowest BCUT2D eigenvalue weighted by atomic mass is 9.88. The maximum absolute atomic E-state index is 15.4. The molecule has 0 bridgehead atoms. The fourth-order valence-electron chi connectivity index (χ4n) is 5.55. The standard InChI is InChI=1S/C28H37F4N5O4/c1-5-37-21(10-11-33-37)25(38)35-24(23(16-6-7-16)17-8-9-17)26(39)34-20-13-22(41-4)18(12-19(20)29)15(2)27(40)36(3)14-28(30,31)32/h10-13,15-17,23-24,27,40H,5-9,14H2,1-4H3,(H,34,39)(H,35,38)/t15?,24-,27?/m0/s1. The van der Waals surface area contributed by atoms with Gasteiger partial charge in [0.05, 0.1) is 19.3 Å². The van der Waals surface area contributed by atoms with Crippen molar-refractivity contribution in [3.63, 3.8) is 0 Å². The number of aryl methyl sites for hydroxylation is 1. The van der Waals surface area contributed by atoms with E-state index in [1.54, 1.807) is 6.07 Å². The van der Waals surface area contributed by atoms with Crippen molar-refractivity contribution in [2.45, 2.75) is 70.4 Å². The number of rotatable bonds is 13. The first-order chi connectivity index (χ1) is 19.3. The van der Waals surface area contributed by atoms with Gasteiger partial charge in [0.1, 0.15) is 29.5 Å². The number of carbonyl (C=O) groups is 2. The first-order valence-electron chi connectivity index (χ1n) is 13.8. The van der Waals surface area contributed by atoms with Crippen LogP contribution < -0.4 is 15.4 Å². The Balaban J connectivity index is 1.57. The average Bonchev–Trinajstić information content (AvgIpc) is 3.86. The van der Waals surface area contributed by atoms with E-state index in [0.717, 1.165) is 38.8 Å². The van der Waals surface area contributed by atoms with Crippen LogP contribution >= 0.6 is 0 Å². The van der Waals surface area contributed by atoms with Gasteiger partial charge >= 0.3 is 6.18 Å². The maximum atomic E-state index is 15.4. The smallest absolute Gasteiger partial charge is 0.401 e. The van der Waals surface area contributed by atoms with Crippen molar-refractivity contribution >= 4 is 17.5 Å². The van der Waals surface area contributed by atoms with Crippen LogP contribution in [0.3, 0.4) is 0 Å². The highest BCUT2D eigenvalue weighted by molar-refractivity contribution is 6.01. The van der Waals surface area contributed by atoms with Gasteiger partial charge < -0.3 is 20.5 Å². The van der Waals surface area contributed by atoms with Crippen molar-refractivity contribution in [1.82, 2.24) is 20.0 Å². The van der Waals surface area contributed by atoms with E-state index in [4.69, 9.17) is 4.74 Å². The highest BCUT2D eigenvalue weighted by Crippen LogP contribution is 2.51. The topological polar surface area (TPSA) is 109 Å². The summed E-state index contributed by atoms with van der Waals surface area (Å²) in [7, 11) is 2.42. The molecule has 13 heteroatoms. The monoisotopic (exact) mass is 583 g/mol. The lowest BCUT2D eigenvalue weighted by Crippen LogP contribution is -2.50. The number of halogens is 4. The number of aliphatic hydroxyl groups is 1. The molecule has 2 saturated carbocycles. The molecule has 0 saturated heterocycles. The summed E-state index contributed by atoms with van der Waals surface area (Å²) in [6.07, 6.45) is -0.795. The number of nitrogens with zero attached hydrogens (tertiary/aromatic N) is 3. The van der Waals surface area contributed by atoms with E-state index in [-0.39, 0.29) is 34.8 Å². The molecular weight excluding hydrogens is 546 g/mol. The number of hydrogen-bond donors (Lipinski definition) is 3. The molecule has 2 aliphatic rings. The van der Waals surface area contributed by atoms with Crippen LogP contribution in [0, 0.1) is 23.6 Å². The zero-order chi connectivity index (χ0) is 30.1. The summed E-state index contributed by atoms with van der Waals surface area (Å²) in [6.45, 7) is 2.42. The number of aromatic nitrogens is 2. The number of aliphatic hydroxyl groups excluding tert-OH is 1.